The first-order chi connectivity index (χ1) is 9.22. The molecule has 19 heavy (non-hydrogen) atoms. The first-order valence-corrected chi connectivity index (χ1v) is 7.06. The van der Waals surface area contributed by atoms with E-state index in [2.05, 4.69) is 25.1 Å². The van der Waals surface area contributed by atoms with Crippen LogP contribution in [0.2, 0.25) is 0 Å². The lowest BCUT2D eigenvalue weighted by Crippen LogP contribution is -2.24. The number of nitrogen functional groups attached to an aromatic ring is 1. The summed E-state index contributed by atoms with van der Waals surface area (Å²) in [5, 5.41) is 1.11. The Morgan fingerprint density at radius 3 is 2.95 bits per heavy atom. The molecule has 2 bridgehead atoms. The maximum Gasteiger partial charge on any atom is 0.0726 e. The van der Waals surface area contributed by atoms with Crippen LogP contribution in [0.25, 0.3) is 10.9 Å². The van der Waals surface area contributed by atoms with Crippen LogP contribution in [-0.4, -0.2) is 4.98 Å². The molecule has 2 aliphatic rings. The fourth-order valence-corrected chi connectivity index (χ4v) is 3.84. The Labute approximate surface area is 113 Å². The molecule has 2 aliphatic carbocycles. The van der Waals surface area contributed by atoms with Gasteiger partial charge < -0.3 is 5.73 Å². The third kappa shape index (κ3) is 1.59. The molecule has 2 heteroatoms. The van der Waals surface area contributed by atoms with E-state index >= 15 is 0 Å². The number of para-hydroxylation sites is 1. The zero-order valence-corrected chi connectivity index (χ0v) is 11.2. The molecule has 1 aromatic carbocycles. The number of rotatable bonds is 0. The van der Waals surface area contributed by atoms with Crippen LogP contribution in [-0.2, 0) is 6.42 Å². The Balaban J connectivity index is 1.98. The van der Waals surface area contributed by atoms with Crippen molar-refractivity contribution in [2.24, 2.45) is 5.92 Å². The number of hydrogen-bond donors (Lipinski definition) is 1. The number of anilines is 1. The van der Waals surface area contributed by atoms with Crippen LogP contribution >= 0.6 is 0 Å². The first kappa shape index (κ1) is 11.0. The summed E-state index contributed by atoms with van der Waals surface area (Å²) >= 11 is 0. The number of nitrogens with zero attached hydrogens (tertiary/aromatic N) is 1. The van der Waals surface area contributed by atoms with Crippen molar-refractivity contribution in [3.05, 3.63) is 47.2 Å². The van der Waals surface area contributed by atoms with Gasteiger partial charge in [0.15, 0.2) is 0 Å². The minimum atomic E-state index is 0.575. The topological polar surface area (TPSA) is 38.9 Å². The van der Waals surface area contributed by atoms with Crippen LogP contribution < -0.4 is 5.73 Å². The molecule has 1 aromatic heterocycles. The average Bonchev–Trinajstić information content (AvgIpc) is 2.40. The summed E-state index contributed by atoms with van der Waals surface area (Å²) in [6.45, 7) is 2.24. The highest BCUT2D eigenvalue weighted by Crippen LogP contribution is 2.45. The van der Waals surface area contributed by atoms with Gasteiger partial charge in [-0.2, -0.15) is 0 Å². The summed E-state index contributed by atoms with van der Waals surface area (Å²) in [4.78, 5) is 4.92. The molecular weight excluding hydrogens is 232 g/mol. The van der Waals surface area contributed by atoms with E-state index in [1.165, 1.54) is 23.3 Å². The summed E-state index contributed by atoms with van der Waals surface area (Å²) < 4.78 is 0. The van der Waals surface area contributed by atoms with Crippen LogP contribution in [0.3, 0.4) is 0 Å². The Bertz CT molecular complexity index is 700. The van der Waals surface area contributed by atoms with Crippen molar-refractivity contribution >= 4 is 16.6 Å². The number of hydrogen-bond acceptors (Lipinski definition) is 2. The van der Waals surface area contributed by atoms with Crippen molar-refractivity contribution in [3.8, 4) is 0 Å². The minimum Gasteiger partial charge on any atom is -0.398 e. The van der Waals surface area contributed by atoms with Gasteiger partial charge in [-0.15, -0.1) is 0 Å². The number of aromatic nitrogens is 1. The SMILES string of the molecule is CC1=CC2Cc3c(nc4ccccc4c3N)C(C1)C2. The third-order valence-corrected chi connectivity index (χ3v) is 4.60. The zero-order valence-electron chi connectivity index (χ0n) is 11.2. The Kier molecular flexibility index (Phi) is 2.22. The van der Waals surface area contributed by atoms with E-state index in [4.69, 9.17) is 10.7 Å². The normalized spacial score (nSPS) is 25.0. The molecule has 2 aromatic rings. The molecule has 0 aliphatic heterocycles. The maximum absolute atomic E-state index is 6.42. The zero-order chi connectivity index (χ0) is 13.0. The summed E-state index contributed by atoms with van der Waals surface area (Å²) in [5.74, 6) is 1.24. The van der Waals surface area contributed by atoms with Crippen molar-refractivity contribution in [1.82, 2.24) is 4.98 Å². The van der Waals surface area contributed by atoms with Gasteiger partial charge in [0.25, 0.3) is 0 Å². The molecule has 4 rings (SSSR count). The molecule has 2 N–H and O–H groups in total. The predicted molar refractivity (Wildman–Crippen MR) is 79.1 cm³/mol. The van der Waals surface area contributed by atoms with Crippen LogP contribution in [0.1, 0.15) is 36.9 Å². The molecule has 0 saturated heterocycles. The second kappa shape index (κ2) is 3.83. The quantitative estimate of drug-likeness (QED) is 0.722. The lowest BCUT2D eigenvalue weighted by molar-refractivity contribution is 0.431. The molecule has 2 nitrogen and oxygen atoms in total. The van der Waals surface area contributed by atoms with Gasteiger partial charge in [-0.1, -0.05) is 29.8 Å². The summed E-state index contributed by atoms with van der Waals surface area (Å²) in [5.41, 5.74) is 12.5. The highest BCUT2D eigenvalue weighted by Gasteiger charge is 2.32. The van der Waals surface area contributed by atoms with Gasteiger partial charge in [0.2, 0.25) is 0 Å². The molecule has 2 unspecified atom stereocenters. The highest BCUT2D eigenvalue weighted by molar-refractivity contribution is 5.92. The van der Waals surface area contributed by atoms with Gasteiger partial charge >= 0.3 is 0 Å². The van der Waals surface area contributed by atoms with E-state index in [1.54, 1.807) is 0 Å². The highest BCUT2D eigenvalue weighted by atomic mass is 14.8. The standard InChI is InChI=1S/C17H18N2/c1-10-6-11-8-12(7-10)17-14(9-11)16(18)13-4-2-3-5-15(13)19-17/h2-6,11-12H,7-9H2,1H3,(H2,18,19). The van der Waals surface area contributed by atoms with Crippen molar-refractivity contribution in [2.75, 3.05) is 5.73 Å². The molecule has 0 fully saturated rings. The van der Waals surface area contributed by atoms with Gasteiger partial charge in [0.05, 0.1) is 5.52 Å². The van der Waals surface area contributed by atoms with Gasteiger partial charge in [-0.05, 0) is 43.7 Å². The fraction of sp³-hybridized carbons (Fsp3) is 0.353. The van der Waals surface area contributed by atoms with Crippen LogP contribution in [0, 0.1) is 5.92 Å². The molecule has 0 spiro atoms. The van der Waals surface area contributed by atoms with Crippen molar-refractivity contribution in [2.45, 2.75) is 32.1 Å². The summed E-state index contributed by atoms with van der Waals surface area (Å²) in [6.07, 6.45) is 5.89. The second-order valence-corrected chi connectivity index (χ2v) is 6.02. The van der Waals surface area contributed by atoms with E-state index in [-0.39, 0.29) is 0 Å². The van der Waals surface area contributed by atoms with Gasteiger partial charge in [0.1, 0.15) is 0 Å². The maximum atomic E-state index is 6.42. The number of pyridine rings is 1. The lowest BCUT2D eigenvalue weighted by Gasteiger charge is -2.34. The van der Waals surface area contributed by atoms with Crippen molar-refractivity contribution in [3.63, 3.8) is 0 Å². The summed E-state index contributed by atoms with van der Waals surface area (Å²) in [6, 6.07) is 8.24. The van der Waals surface area contributed by atoms with E-state index < -0.39 is 0 Å². The Hall–Kier alpha value is -1.83. The largest absolute Gasteiger partial charge is 0.398 e. The number of fused-ring (bicyclic) bond motifs is 5. The molecule has 0 saturated carbocycles. The molecule has 96 valence electrons. The van der Waals surface area contributed by atoms with E-state index in [0.29, 0.717) is 11.8 Å². The average molecular weight is 250 g/mol. The van der Waals surface area contributed by atoms with E-state index in [0.717, 1.165) is 29.4 Å². The van der Waals surface area contributed by atoms with Gasteiger partial charge in [-0.25, -0.2) is 0 Å². The van der Waals surface area contributed by atoms with E-state index in [1.807, 2.05) is 12.1 Å². The Morgan fingerprint density at radius 1 is 1.21 bits per heavy atom. The second-order valence-electron chi connectivity index (χ2n) is 6.02. The lowest BCUT2D eigenvalue weighted by atomic mass is 9.72. The summed E-state index contributed by atoms with van der Waals surface area (Å²) in [7, 11) is 0. The van der Waals surface area contributed by atoms with Gasteiger partial charge in [0, 0.05) is 22.7 Å². The predicted octanol–water partition coefficient (Wildman–Crippen LogP) is 3.81. The molecule has 0 amide bonds. The smallest absolute Gasteiger partial charge is 0.0726 e. The number of nitrogens with two attached hydrogens (primary N) is 1. The third-order valence-electron chi connectivity index (χ3n) is 4.60. The molecule has 1 heterocycles. The monoisotopic (exact) mass is 250 g/mol. The van der Waals surface area contributed by atoms with E-state index in [9.17, 15) is 0 Å². The van der Waals surface area contributed by atoms with Gasteiger partial charge in [-0.3, -0.25) is 4.98 Å². The van der Waals surface area contributed by atoms with Crippen molar-refractivity contribution < 1.29 is 0 Å². The number of benzene rings is 1. The number of allylic oxidation sites excluding steroid dienone is 2. The molecule has 2 atom stereocenters. The molecule has 0 radical (unpaired) electrons. The minimum absolute atomic E-state index is 0.575. The molecular formula is C17H18N2. The van der Waals surface area contributed by atoms with Crippen LogP contribution in [0.15, 0.2) is 35.9 Å². The van der Waals surface area contributed by atoms with Crippen LogP contribution in [0.4, 0.5) is 5.69 Å². The fourth-order valence-electron chi connectivity index (χ4n) is 3.84. The van der Waals surface area contributed by atoms with Crippen LogP contribution in [0.5, 0.6) is 0 Å². The van der Waals surface area contributed by atoms with Crippen molar-refractivity contribution in [1.29, 1.82) is 0 Å². The Morgan fingerprint density at radius 2 is 2.05 bits per heavy atom. The first-order valence-electron chi connectivity index (χ1n) is 7.06.